The number of aromatic nitrogens is 4. The van der Waals surface area contributed by atoms with Gasteiger partial charge in [0.1, 0.15) is 17.9 Å². The van der Waals surface area contributed by atoms with Crippen LogP contribution in [-0.2, 0) is 29.1 Å². The number of hydrogen-bond acceptors (Lipinski definition) is 7. The molecule has 0 aliphatic carbocycles. The van der Waals surface area contributed by atoms with E-state index in [1.807, 2.05) is 34.9 Å². The first kappa shape index (κ1) is 22.2. The Labute approximate surface area is 204 Å². The van der Waals surface area contributed by atoms with Gasteiger partial charge in [-0.2, -0.15) is 0 Å². The molecule has 0 amide bonds. The Hall–Kier alpha value is -3.30. The first-order valence-electron chi connectivity index (χ1n) is 12.1. The van der Waals surface area contributed by atoms with Crippen LogP contribution in [0.2, 0.25) is 0 Å². The number of nitrogens with zero attached hydrogens (tertiary/aromatic N) is 4. The Morgan fingerprint density at radius 1 is 1.06 bits per heavy atom. The summed E-state index contributed by atoms with van der Waals surface area (Å²) in [5.41, 5.74) is 4.99. The Balaban J connectivity index is 1.26. The van der Waals surface area contributed by atoms with E-state index in [9.17, 15) is 8.42 Å². The van der Waals surface area contributed by atoms with E-state index in [1.165, 1.54) is 11.1 Å². The normalized spacial score (nSPS) is 16.3. The van der Waals surface area contributed by atoms with Gasteiger partial charge in [0.25, 0.3) is 0 Å². The third-order valence-corrected chi connectivity index (χ3v) is 9.36. The van der Waals surface area contributed by atoms with Crippen LogP contribution < -0.4 is 10.1 Å². The molecule has 0 radical (unpaired) electrons. The number of hydrogen-bond donors (Lipinski definition) is 1. The molecule has 1 fully saturated rings. The molecule has 0 spiro atoms. The van der Waals surface area contributed by atoms with Crippen LogP contribution in [0.1, 0.15) is 29.8 Å². The quantitative estimate of drug-likeness (QED) is 0.444. The lowest BCUT2D eigenvalue weighted by Crippen LogP contribution is -2.35. The Bertz CT molecular complexity index is 1470. The number of piperidine rings is 1. The molecule has 0 unspecified atom stereocenters. The van der Waals surface area contributed by atoms with Gasteiger partial charge in [-0.1, -0.05) is 24.3 Å². The zero-order valence-electron chi connectivity index (χ0n) is 19.4. The molecule has 2 aromatic heterocycles. The van der Waals surface area contributed by atoms with Gasteiger partial charge in [-0.05, 0) is 61.7 Å². The zero-order chi connectivity index (χ0) is 23.8. The van der Waals surface area contributed by atoms with Crippen molar-refractivity contribution in [2.24, 2.45) is 0 Å². The fourth-order valence-corrected chi connectivity index (χ4v) is 6.91. The van der Waals surface area contributed by atoms with Crippen LogP contribution in [0, 0.1) is 0 Å². The number of sulfone groups is 1. The maximum absolute atomic E-state index is 13.0. The fraction of sp³-hybridized carbons (Fsp3) is 0.346. The van der Waals surface area contributed by atoms with E-state index < -0.39 is 9.84 Å². The SMILES string of the molecule is O=S(=O)(c1ccc(-c2cnc(CCc3cccc4c3CCO4)n3cnnc23)cc1)C1CCNCC1. The second-order valence-electron chi connectivity index (χ2n) is 9.12. The molecule has 1 N–H and O–H groups in total. The van der Waals surface area contributed by atoms with Gasteiger partial charge >= 0.3 is 0 Å². The summed E-state index contributed by atoms with van der Waals surface area (Å²) in [6, 6.07) is 13.3. The molecule has 2 aliphatic rings. The molecule has 35 heavy (non-hydrogen) atoms. The standard InChI is InChI=1S/C26H27N5O3S/c32-35(33,21-10-13-27-14-11-21)20-7-4-19(5-8-20)23-16-28-25(31-17-29-30-26(23)31)9-6-18-2-1-3-24-22(18)12-15-34-24/h1-5,7-8,16-17,21,27H,6,9-15H2. The van der Waals surface area contributed by atoms with Crippen LogP contribution in [0.3, 0.4) is 0 Å². The summed E-state index contributed by atoms with van der Waals surface area (Å²) >= 11 is 0. The first-order chi connectivity index (χ1) is 17.1. The van der Waals surface area contributed by atoms with Crippen LogP contribution in [-0.4, -0.2) is 52.9 Å². The van der Waals surface area contributed by atoms with E-state index in [0.29, 0.717) is 23.4 Å². The summed E-state index contributed by atoms with van der Waals surface area (Å²) in [5, 5.41) is 11.4. The number of nitrogens with one attached hydrogen (secondary N) is 1. The number of benzene rings is 2. The highest BCUT2D eigenvalue weighted by Gasteiger charge is 2.28. The van der Waals surface area contributed by atoms with E-state index in [2.05, 4.69) is 21.6 Å². The average Bonchev–Trinajstić information content (AvgIpc) is 3.58. The second kappa shape index (κ2) is 9.05. The van der Waals surface area contributed by atoms with E-state index in [-0.39, 0.29) is 5.25 Å². The maximum Gasteiger partial charge on any atom is 0.181 e. The maximum atomic E-state index is 13.0. The van der Waals surface area contributed by atoms with Gasteiger partial charge in [0, 0.05) is 30.2 Å². The molecule has 4 aromatic rings. The number of ether oxygens (including phenoxy) is 1. The Morgan fingerprint density at radius 2 is 1.89 bits per heavy atom. The van der Waals surface area contributed by atoms with E-state index in [0.717, 1.165) is 61.7 Å². The molecule has 8 nitrogen and oxygen atoms in total. The van der Waals surface area contributed by atoms with Gasteiger partial charge < -0.3 is 10.1 Å². The predicted molar refractivity (Wildman–Crippen MR) is 132 cm³/mol. The second-order valence-corrected chi connectivity index (χ2v) is 11.4. The topological polar surface area (TPSA) is 98.5 Å². The molecule has 0 bridgehead atoms. The van der Waals surface area contributed by atoms with Gasteiger partial charge in [-0.3, -0.25) is 4.40 Å². The van der Waals surface area contributed by atoms with Crippen molar-refractivity contribution >= 4 is 15.5 Å². The number of fused-ring (bicyclic) bond motifs is 2. The average molecular weight is 490 g/mol. The largest absolute Gasteiger partial charge is 0.493 e. The summed E-state index contributed by atoms with van der Waals surface area (Å²) in [6.07, 6.45) is 7.35. The third kappa shape index (κ3) is 4.08. The van der Waals surface area contributed by atoms with Gasteiger partial charge in [0.05, 0.1) is 16.8 Å². The molecule has 180 valence electrons. The van der Waals surface area contributed by atoms with Crippen molar-refractivity contribution in [2.75, 3.05) is 19.7 Å². The minimum absolute atomic E-state index is 0.323. The van der Waals surface area contributed by atoms with Gasteiger partial charge in [0.2, 0.25) is 0 Å². The Morgan fingerprint density at radius 3 is 2.71 bits per heavy atom. The molecule has 4 heterocycles. The fourth-order valence-electron chi connectivity index (χ4n) is 5.15. The van der Waals surface area contributed by atoms with E-state index in [1.54, 1.807) is 18.5 Å². The highest BCUT2D eigenvalue weighted by atomic mass is 32.2. The van der Waals surface area contributed by atoms with E-state index in [4.69, 9.17) is 9.72 Å². The minimum atomic E-state index is -3.34. The number of rotatable bonds is 6. The zero-order valence-corrected chi connectivity index (χ0v) is 20.2. The summed E-state index contributed by atoms with van der Waals surface area (Å²) < 4.78 is 33.7. The monoisotopic (exact) mass is 489 g/mol. The highest BCUT2D eigenvalue weighted by Crippen LogP contribution is 2.30. The van der Waals surface area contributed by atoms with Crippen molar-refractivity contribution in [1.29, 1.82) is 0 Å². The van der Waals surface area contributed by atoms with Crippen molar-refractivity contribution in [1.82, 2.24) is 24.9 Å². The van der Waals surface area contributed by atoms with Crippen LogP contribution >= 0.6 is 0 Å². The van der Waals surface area contributed by atoms with Crippen LogP contribution in [0.25, 0.3) is 16.8 Å². The molecular weight excluding hydrogens is 462 g/mol. The molecule has 0 saturated carbocycles. The van der Waals surface area contributed by atoms with Crippen molar-refractivity contribution in [3.8, 4) is 16.9 Å². The van der Waals surface area contributed by atoms with Crippen molar-refractivity contribution in [3.05, 3.63) is 71.9 Å². The lowest BCUT2D eigenvalue weighted by molar-refractivity contribution is 0.357. The van der Waals surface area contributed by atoms with Gasteiger partial charge in [0.15, 0.2) is 15.5 Å². The minimum Gasteiger partial charge on any atom is -0.493 e. The summed E-state index contributed by atoms with van der Waals surface area (Å²) in [4.78, 5) is 5.11. The van der Waals surface area contributed by atoms with E-state index >= 15 is 0 Å². The molecule has 1 saturated heterocycles. The smallest absolute Gasteiger partial charge is 0.181 e. The Kier molecular flexibility index (Phi) is 5.74. The van der Waals surface area contributed by atoms with Crippen LogP contribution in [0.4, 0.5) is 0 Å². The summed E-state index contributed by atoms with van der Waals surface area (Å²) in [7, 11) is -3.34. The van der Waals surface area contributed by atoms with Crippen molar-refractivity contribution in [3.63, 3.8) is 0 Å². The molecule has 2 aromatic carbocycles. The lowest BCUT2D eigenvalue weighted by Gasteiger charge is -2.22. The van der Waals surface area contributed by atoms with Crippen LogP contribution in [0.5, 0.6) is 5.75 Å². The molecule has 2 aliphatic heterocycles. The van der Waals surface area contributed by atoms with Crippen molar-refractivity contribution in [2.45, 2.75) is 42.2 Å². The summed E-state index contributed by atoms with van der Waals surface area (Å²) in [5.74, 6) is 1.88. The molecule has 9 heteroatoms. The number of aryl methyl sites for hydroxylation is 2. The van der Waals surface area contributed by atoms with Crippen molar-refractivity contribution < 1.29 is 13.2 Å². The van der Waals surface area contributed by atoms with Gasteiger partial charge in [-0.15, -0.1) is 10.2 Å². The van der Waals surface area contributed by atoms with Gasteiger partial charge in [-0.25, -0.2) is 13.4 Å². The first-order valence-corrected chi connectivity index (χ1v) is 13.6. The third-order valence-electron chi connectivity index (χ3n) is 7.09. The lowest BCUT2D eigenvalue weighted by atomic mass is 10.0. The predicted octanol–water partition coefficient (Wildman–Crippen LogP) is 3.04. The summed E-state index contributed by atoms with van der Waals surface area (Å²) in [6.45, 7) is 2.23. The van der Waals surface area contributed by atoms with Crippen LogP contribution in [0.15, 0.2) is 59.9 Å². The highest BCUT2D eigenvalue weighted by molar-refractivity contribution is 7.92. The molecular formula is C26H27N5O3S. The molecule has 6 rings (SSSR count). The molecule has 0 atom stereocenters.